The highest BCUT2D eigenvalue weighted by atomic mass is 16.3. The standard InChI is InChI=1S/C28H31BN5O2/c1-29-23-18-32-34-26(17-24(33-27(23)34)22-10-4-5-11-25(22)35)30-14-6-7-15-31-28(36)21-13-12-19-8-2-3-9-20(19)16-21/h2-5,8-11,17-18,21,30,35H,6-7,12-16H2,1H3,(H,31,36). The van der Waals surface area contributed by atoms with E-state index in [1.54, 1.807) is 22.8 Å². The van der Waals surface area contributed by atoms with E-state index in [2.05, 4.69) is 40.0 Å². The normalized spacial score (nSPS) is 14.9. The molecular weight excluding hydrogens is 449 g/mol. The van der Waals surface area contributed by atoms with E-state index in [-0.39, 0.29) is 17.6 Å². The smallest absolute Gasteiger partial charge is 0.223 e. The van der Waals surface area contributed by atoms with Gasteiger partial charge in [0.05, 0.1) is 5.69 Å². The number of hydrogen-bond acceptors (Lipinski definition) is 5. The van der Waals surface area contributed by atoms with Crippen molar-refractivity contribution in [3.05, 3.63) is 71.9 Å². The molecule has 0 spiro atoms. The van der Waals surface area contributed by atoms with Gasteiger partial charge >= 0.3 is 0 Å². The number of aromatic hydroxyl groups is 1. The van der Waals surface area contributed by atoms with E-state index >= 15 is 0 Å². The Kier molecular flexibility index (Phi) is 7.21. The number of aromatic nitrogens is 3. The zero-order chi connectivity index (χ0) is 24.9. The number of anilines is 1. The number of unbranched alkanes of at least 4 members (excludes halogenated alkanes) is 1. The molecule has 1 aliphatic carbocycles. The molecule has 36 heavy (non-hydrogen) atoms. The maximum atomic E-state index is 12.7. The second kappa shape index (κ2) is 10.9. The van der Waals surface area contributed by atoms with E-state index < -0.39 is 0 Å². The van der Waals surface area contributed by atoms with Gasteiger partial charge in [0.25, 0.3) is 0 Å². The van der Waals surface area contributed by atoms with Gasteiger partial charge in [-0.2, -0.15) is 9.61 Å². The number of nitrogens with zero attached hydrogens (tertiary/aromatic N) is 3. The molecule has 0 fully saturated rings. The first-order valence-electron chi connectivity index (χ1n) is 12.7. The number of aryl methyl sites for hydroxylation is 1. The van der Waals surface area contributed by atoms with Crippen molar-refractivity contribution in [2.24, 2.45) is 5.92 Å². The quantitative estimate of drug-likeness (QED) is 0.252. The van der Waals surface area contributed by atoms with Crippen LogP contribution in [0.1, 0.15) is 30.4 Å². The van der Waals surface area contributed by atoms with Crippen molar-refractivity contribution in [3.8, 4) is 17.0 Å². The first-order valence-corrected chi connectivity index (χ1v) is 12.7. The highest BCUT2D eigenvalue weighted by molar-refractivity contribution is 6.54. The van der Waals surface area contributed by atoms with E-state index in [0.717, 1.165) is 55.6 Å². The molecule has 1 atom stereocenters. The Morgan fingerprint density at radius 2 is 1.89 bits per heavy atom. The first-order chi connectivity index (χ1) is 17.6. The molecule has 183 valence electrons. The largest absolute Gasteiger partial charge is 0.507 e. The van der Waals surface area contributed by atoms with Crippen molar-refractivity contribution >= 4 is 30.1 Å². The van der Waals surface area contributed by atoms with Crippen LogP contribution in [0.25, 0.3) is 16.9 Å². The Labute approximate surface area is 212 Å². The maximum absolute atomic E-state index is 12.7. The van der Waals surface area contributed by atoms with Crippen molar-refractivity contribution in [2.45, 2.75) is 38.9 Å². The Balaban J connectivity index is 1.16. The van der Waals surface area contributed by atoms with Gasteiger partial charge < -0.3 is 15.7 Å². The highest BCUT2D eigenvalue weighted by Gasteiger charge is 2.24. The van der Waals surface area contributed by atoms with Crippen LogP contribution in [-0.2, 0) is 17.6 Å². The number of phenolic OH excluding ortho intramolecular Hbond substituents is 1. The summed E-state index contributed by atoms with van der Waals surface area (Å²) in [6.45, 7) is 3.36. The zero-order valence-electron chi connectivity index (χ0n) is 20.6. The van der Waals surface area contributed by atoms with Crippen LogP contribution in [0.5, 0.6) is 5.75 Å². The Morgan fingerprint density at radius 3 is 2.72 bits per heavy atom. The summed E-state index contributed by atoms with van der Waals surface area (Å²) < 4.78 is 1.79. The number of amides is 1. The summed E-state index contributed by atoms with van der Waals surface area (Å²) >= 11 is 0. The number of fused-ring (bicyclic) bond motifs is 2. The maximum Gasteiger partial charge on any atom is 0.223 e. The number of para-hydroxylation sites is 1. The van der Waals surface area contributed by atoms with Gasteiger partial charge in [-0.3, -0.25) is 4.79 Å². The molecular formula is C28H31BN5O2. The molecule has 0 bridgehead atoms. The van der Waals surface area contributed by atoms with E-state index in [9.17, 15) is 9.90 Å². The van der Waals surface area contributed by atoms with Crippen LogP contribution in [0.4, 0.5) is 5.82 Å². The summed E-state index contributed by atoms with van der Waals surface area (Å²) in [4.78, 5) is 17.4. The fourth-order valence-electron chi connectivity index (χ4n) is 4.88. The van der Waals surface area contributed by atoms with Gasteiger partial charge in [-0.25, -0.2) is 4.98 Å². The van der Waals surface area contributed by atoms with Crippen molar-refractivity contribution in [1.29, 1.82) is 0 Å². The Bertz CT molecular complexity index is 1370. The molecule has 2 heterocycles. The number of benzene rings is 2. The zero-order valence-corrected chi connectivity index (χ0v) is 20.6. The average molecular weight is 480 g/mol. The first kappa shape index (κ1) is 23.9. The van der Waals surface area contributed by atoms with Crippen molar-refractivity contribution in [1.82, 2.24) is 19.9 Å². The van der Waals surface area contributed by atoms with Crippen LogP contribution in [0.15, 0.2) is 60.8 Å². The van der Waals surface area contributed by atoms with Crippen molar-refractivity contribution in [3.63, 3.8) is 0 Å². The topological polar surface area (TPSA) is 91.5 Å². The van der Waals surface area contributed by atoms with Gasteiger partial charge in [0.15, 0.2) is 12.9 Å². The SMILES string of the molecule is C[B]c1cnn2c(NCCCCNC(=O)C3CCc4ccccc4C3)cc(-c3ccccc3O)nc12. The molecule has 0 aliphatic heterocycles. The van der Waals surface area contributed by atoms with Gasteiger partial charge in [0.2, 0.25) is 5.91 Å². The molecule has 7 nitrogen and oxygen atoms in total. The number of phenols is 1. The van der Waals surface area contributed by atoms with Crippen LogP contribution in [-0.4, -0.2) is 46.0 Å². The minimum Gasteiger partial charge on any atom is -0.507 e. The van der Waals surface area contributed by atoms with E-state index in [1.807, 2.05) is 32.3 Å². The minimum atomic E-state index is 0.0698. The lowest BCUT2D eigenvalue weighted by Gasteiger charge is -2.23. The summed E-state index contributed by atoms with van der Waals surface area (Å²) in [7, 11) is 1.97. The van der Waals surface area contributed by atoms with Gasteiger partial charge in [0, 0.05) is 36.8 Å². The monoisotopic (exact) mass is 480 g/mol. The highest BCUT2D eigenvalue weighted by Crippen LogP contribution is 2.29. The van der Waals surface area contributed by atoms with Crippen molar-refractivity contribution in [2.75, 3.05) is 18.4 Å². The Hall–Kier alpha value is -3.81. The molecule has 1 unspecified atom stereocenters. The van der Waals surface area contributed by atoms with Gasteiger partial charge in [0.1, 0.15) is 11.6 Å². The summed E-state index contributed by atoms with van der Waals surface area (Å²) in [5.74, 6) is 1.25. The molecule has 8 heteroatoms. The molecule has 1 aliphatic rings. The Morgan fingerprint density at radius 1 is 1.11 bits per heavy atom. The molecule has 0 saturated carbocycles. The second-order valence-corrected chi connectivity index (χ2v) is 9.30. The molecule has 1 amide bonds. The predicted molar refractivity (Wildman–Crippen MR) is 144 cm³/mol. The lowest BCUT2D eigenvalue weighted by Crippen LogP contribution is -2.34. The number of rotatable bonds is 9. The molecule has 0 saturated heterocycles. The van der Waals surface area contributed by atoms with Crippen LogP contribution >= 0.6 is 0 Å². The summed E-state index contributed by atoms with van der Waals surface area (Å²) in [5, 5.41) is 21.4. The molecule has 3 N–H and O–H groups in total. The summed E-state index contributed by atoms with van der Waals surface area (Å²) in [6, 6.07) is 17.6. The van der Waals surface area contributed by atoms with Crippen LogP contribution in [0.3, 0.4) is 0 Å². The molecule has 2 aromatic heterocycles. The van der Waals surface area contributed by atoms with Crippen LogP contribution in [0, 0.1) is 5.92 Å². The molecule has 4 aromatic rings. The third-order valence-electron chi connectivity index (χ3n) is 6.92. The van der Waals surface area contributed by atoms with Crippen LogP contribution in [0.2, 0.25) is 6.82 Å². The number of nitrogens with one attached hydrogen (secondary N) is 2. The van der Waals surface area contributed by atoms with Gasteiger partial charge in [-0.15, -0.1) is 0 Å². The predicted octanol–water partition coefficient (Wildman–Crippen LogP) is 3.59. The lowest BCUT2D eigenvalue weighted by molar-refractivity contribution is -0.125. The fourth-order valence-corrected chi connectivity index (χ4v) is 4.88. The average Bonchev–Trinajstić information content (AvgIpc) is 3.33. The van der Waals surface area contributed by atoms with Gasteiger partial charge in [-0.05, 0) is 60.8 Å². The van der Waals surface area contributed by atoms with Crippen LogP contribution < -0.4 is 16.1 Å². The van der Waals surface area contributed by atoms with Crippen molar-refractivity contribution < 1.29 is 9.90 Å². The lowest BCUT2D eigenvalue weighted by atomic mass is 9.75. The fraction of sp³-hybridized carbons (Fsp3) is 0.321. The minimum absolute atomic E-state index is 0.0698. The number of carbonyl (C=O) groups is 1. The molecule has 1 radical (unpaired) electrons. The summed E-state index contributed by atoms with van der Waals surface area (Å²) in [5.41, 5.74) is 5.73. The molecule has 2 aromatic carbocycles. The number of hydrogen-bond donors (Lipinski definition) is 3. The molecule has 5 rings (SSSR count). The van der Waals surface area contributed by atoms with E-state index in [0.29, 0.717) is 17.8 Å². The van der Waals surface area contributed by atoms with E-state index in [4.69, 9.17) is 4.98 Å². The third-order valence-corrected chi connectivity index (χ3v) is 6.92. The summed E-state index contributed by atoms with van der Waals surface area (Å²) in [6.07, 6.45) is 6.31. The third kappa shape index (κ3) is 5.08. The number of carbonyl (C=O) groups excluding carboxylic acids is 1. The van der Waals surface area contributed by atoms with Gasteiger partial charge in [-0.1, -0.05) is 43.2 Å². The second-order valence-electron chi connectivity index (χ2n) is 9.30. The van der Waals surface area contributed by atoms with E-state index in [1.165, 1.54) is 11.1 Å².